The van der Waals surface area contributed by atoms with Crippen LogP contribution in [0.4, 0.5) is 0 Å². The average Bonchev–Trinajstić information content (AvgIpc) is 2.88. The van der Waals surface area contributed by atoms with Crippen LogP contribution in [0.15, 0.2) is 0 Å². The van der Waals surface area contributed by atoms with Gasteiger partial charge in [0, 0.05) is 12.8 Å². The molecule has 0 aromatic carbocycles. The summed E-state index contributed by atoms with van der Waals surface area (Å²) >= 11 is 0. The van der Waals surface area contributed by atoms with Crippen LogP contribution in [0, 0.1) is 0 Å². The van der Waals surface area contributed by atoms with Crippen molar-refractivity contribution >= 4 is 16.3 Å². The molecule has 0 aromatic rings. The standard InChI is InChI=1S/C29H60N2O.C2H6O4S/c1-6-9-10-11-12-13-14-15-16-17-18-19-20-21-22-23-24-25-26-27-29(32)30-28(7-2)31(4,5)8-3;1-2-6-7(3,4)5/h28H,6-27H2,1-5H3;2H2,1H3,(H,3,4,5). The van der Waals surface area contributed by atoms with Crippen LogP contribution in [0.2, 0.25) is 0 Å². The molecule has 0 aliphatic rings. The van der Waals surface area contributed by atoms with Gasteiger partial charge in [0.15, 0.2) is 6.17 Å². The van der Waals surface area contributed by atoms with Crippen LogP contribution in [-0.4, -0.2) is 56.8 Å². The number of quaternary nitrogens is 1. The van der Waals surface area contributed by atoms with Crippen LogP contribution in [0.3, 0.4) is 0 Å². The van der Waals surface area contributed by atoms with E-state index in [1.165, 1.54) is 122 Å². The van der Waals surface area contributed by atoms with E-state index in [1.807, 2.05) is 0 Å². The first-order valence-corrected chi connectivity index (χ1v) is 17.6. The van der Waals surface area contributed by atoms with Gasteiger partial charge >= 0.3 is 0 Å². The van der Waals surface area contributed by atoms with E-state index >= 15 is 0 Å². The first-order valence-electron chi connectivity index (χ1n) is 16.3. The number of unbranched alkanes of at least 4 members (excludes halogenated alkanes) is 18. The summed E-state index contributed by atoms with van der Waals surface area (Å²) in [5, 5.41) is 3.25. The normalized spacial score (nSPS) is 12.6. The number of carbonyl (C=O) groups is 1. The second kappa shape index (κ2) is 27.5. The Morgan fingerprint density at radius 2 is 1.05 bits per heavy atom. The topological polar surface area (TPSA) is 95.5 Å². The number of rotatable bonds is 26. The molecule has 7 nitrogen and oxygen atoms in total. The molecule has 0 fully saturated rings. The Bertz CT molecular complexity index is 641. The molecule has 0 aromatic heterocycles. The van der Waals surface area contributed by atoms with E-state index in [0.29, 0.717) is 6.42 Å². The molecule has 0 rings (SSSR count). The zero-order chi connectivity index (χ0) is 29.8. The van der Waals surface area contributed by atoms with Crippen molar-refractivity contribution in [2.45, 2.75) is 169 Å². The summed E-state index contributed by atoms with van der Waals surface area (Å²) in [6.45, 7) is 9.02. The van der Waals surface area contributed by atoms with Gasteiger partial charge in [0.2, 0.25) is 16.3 Å². The van der Waals surface area contributed by atoms with E-state index in [4.69, 9.17) is 0 Å². The molecule has 0 aliphatic heterocycles. The quantitative estimate of drug-likeness (QED) is 0.0366. The summed E-state index contributed by atoms with van der Waals surface area (Å²) in [6.07, 6.45) is 28.3. The smallest absolute Gasteiger partial charge is 0.224 e. The highest BCUT2D eigenvalue weighted by molar-refractivity contribution is 7.80. The third-order valence-corrected chi connectivity index (χ3v) is 8.17. The summed E-state index contributed by atoms with van der Waals surface area (Å²) in [7, 11) is -0.0239. The van der Waals surface area contributed by atoms with Crippen molar-refractivity contribution in [2.24, 2.45) is 0 Å². The molecule has 1 N–H and O–H groups in total. The molecule has 0 spiro atoms. The van der Waals surface area contributed by atoms with Crippen molar-refractivity contribution in [2.75, 3.05) is 27.2 Å². The molecule has 0 bridgehead atoms. The zero-order valence-electron chi connectivity index (χ0n) is 26.7. The summed E-state index contributed by atoms with van der Waals surface area (Å²) in [5.41, 5.74) is 0. The van der Waals surface area contributed by atoms with Gasteiger partial charge in [-0.05, 0) is 20.3 Å². The second-order valence-electron chi connectivity index (χ2n) is 11.5. The van der Waals surface area contributed by atoms with Crippen LogP contribution in [0.5, 0.6) is 0 Å². The summed E-state index contributed by atoms with van der Waals surface area (Å²) in [5.74, 6) is 0.239. The Morgan fingerprint density at radius 1 is 0.692 bits per heavy atom. The zero-order valence-corrected chi connectivity index (χ0v) is 27.6. The van der Waals surface area contributed by atoms with Crippen molar-refractivity contribution in [1.82, 2.24) is 5.32 Å². The van der Waals surface area contributed by atoms with Gasteiger partial charge in [0.25, 0.3) is 0 Å². The average molecular weight is 579 g/mol. The van der Waals surface area contributed by atoms with Crippen molar-refractivity contribution in [1.29, 1.82) is 0 Å². The van der Waals surface area contributed by atoms with Crippen molar-refractivity contribution in [3.8, 4) is 0 Å². The Labute approximate surface area is 243 Å². The maximum Gasteiger partial charge on any atom is 0.224 e. The first kappa shape index (κ1) is 40.4. The molecule has 0 aliphatic carbocycles. The fourth-order valence-electron chi connectivity index (χ4n) is 4.76. The summed E-state index contributed by atoms with van der Waals surface area (Å²) in [6, 6.07) is 0. The summed E-state index contributed by atoms with van der Waals surface area (Å²) < 4.78 is 32.9. The number of nitrogens with one attached hydrogen (secondary N) is 1. The molecule has 0 radical (unpaired) electrons. The first-order chi connectivity index (χ1) is 18.5. The molecule has 0 saturated carbocycles. The lowest BCUT2D eigenvalue weighted by molar-refractivity contribution is -0.915. The van der Waals surface area contributed by atoms with Gasteiger partial charge in [-0.3, -0.25) is 8.98 Å². The third-order valence-electron chi connectivity index (χ3n) is 7.64. The predicted octanol–water partition coefficient (Wildman–Crippen LogP) is 8.24. The van der Waals surface area contributed by atoms with Gasteiger partial charge in [-0.15, -0.1) is 0 Å². The third kappa shape index (κ3) is 30.1. The molecule has 39 heavy (non-hydrogen) atoms. The highest BCUT2D eigenvalue weighted by atomic mass is 32.3. The molecule has 8 heteroatoms. The molecule has 1 amide bonds. The monoisotopic (exact) mass is 578 g/mol. The lowest BCUT2D eigenvalue weighted by Gasteiger charge is -2.36. The van der Waals surface area contributed by atoms with Crippen molar-refractivity contribution < 1.29 is 26.4 Å². The molecular formula is C31H66N2O5S. The van der Waals surface area contributed by atoms with E-state index in [2.05, 4.69) is 44.4 Å². The van der Waals surface area contributed by atoms with E-state index in [1.54, 1.807) is 0 Å². The summed E-state index contributed by atoms with van der Waals surface area (Å²) in [4.78, 5) is 12.2. The van der Waals surface area contributed by atoms with E-state index in [-0.39, 0.29) is 18.7 Å². The van der Waals surface area contributed by atoms with Crippen LogP contribution >= 0.6 is 0 Å². The van der Waals surface area contributed by atoms with Gasteiger partial charge in [-0.2, -0.15) is 0 Å². The molecule has 1 unspecified atom stereocenters. The fraction of sp³-hybridized carbons (Fsp3) is 0.968. The molecule has 236 valence electrons. The van der Waals surface area contributed by atoms with Crippen LogP contribution < -0.4 is 5.32 Å². The molecule has 0 heterocycles. The number of hydrogen-bond donors (Lipinski definition) is 1. The molecular weight excluding hydrogens is 512 g/mol. The molecule has 1 atom stereocenters. The van der Waals surface area contributed by atoms with Crippen molar-refractivity contribution in [3.63, 3.8) is 0 Å². The van der Waals surface area contributed by atoms with Crippen molar-refractivity contribution in [3.05, 3.63) is 0 Å². The van der Waals surface area contributed by atoms with Crippen LogP contribution in [0.1, 0.15) is 163 Å². The maximum absolute atomic E-state index is 12.2. The predicted molar refractivity (Wildman–Crippen MR) is 164 cm³/mol. The fourth-order valence-corrected chi connectivity index (χ4v) is 5.05. The van der Waals surface area contributed by atoms with Gasteiger partial charge in [-0.25, -0.2) is 8.42 Å². The van der Waals surface area contributed by atoms with Gasteiger partial charge < -0.3 is 14.4 Å². The Morgan fingerprint density at radius 3 is 1.31 bits per heavy atom. The van der Waals surface area contributed by atoms with Gasteiger partial charge in [0.1, 0.15) is 0 Å². The number of nitrogens with zero attached hydrogens (tertiary/aromatic N) is 1. The number of carbonyl (C=O) groups excluding carboxylic acids is 1. The Kier molecular flexibility index (Phi) is 28.5. The minimum absolute atomic E-state index is 0.0914. The number of hydrogen-bond acceptors (Lipinski definition) is 5. The highest BCUT2D eigenvalue weighted by Crippen LogP contribution is 2.15. The molecule has 0 saturated heterocycles. The van der Waals surface area contributed by atoms with E-state index in [0.717, 1.165) is 23.9 Å². The minimum atomic E-state index is -4.42. The number of amides is 1. The lowest BCUT2D eigenvalue weighted by atomic mass is 10.0. The second-order valence-corrected chi connectivity index (χ2v) is 12.6. The Hall–Kier alpha value is -0.700. The van der Waals surface area contributed by atoms with Gasteiger partial charge in [-0.1, -0.05) is 129 Å². The van der Waals surface area contributed by atoms with Crippen LogP contribution in [-0.2, 0) is 19.4 Å². The highest BCUT2D eigenvalue weighted by Gasteiger charge is 2.25. The maximum atomic E-state index is 12.2. The van der Waals surface area contributed by atoms with Gasteiger partial charge in [0.05, 0.1) is 27.2 Å². The van der Waals surface area contributed by atoms with E-state index < -0.39 is 10.4 Å². The largest absolute Gasteiger partial charge is 0.726 e. The lowest BCUT2D eigenvalue weighted by Crippen LogP contribution is -2.57. The van der Waals surface area contributed by atoms with E-state index in [9.17, 15) is 17.8 Å². The minimum Gasteiger partial charge on any atom is -0.726 e. The SMILES string of the molecule is CCCCCCCCCCCCCCCCCCCCCC(=O)NC(CC)[N+](C)(C)CC.CCOS(=O)(=O)[O-]. The Balaban J connectivity index is 0. The van der Waals surface area contributed by atoms with Crippen LogP contribution in [0.25, 0.3) is 0 Å².